The van der Waals surface area contributed by atoms with Crippen molar-refractivity contribution in [1.29, 1.82) is 0 Å². The molecular formula is C54H99NO6. The van der Waals surface area contributed by atoms with Gasteiger partial charge < -0.3 is 19.1 Å². The number of hydrogen-bond acceptors (Lipinski definition) is 7. The maximum absolute atomic E-state index is 13.2. The van der Waals surface area contributed by atoms with Crippen LogP contribution in [0, 0.1) is 34.0 Å². The molecule has 61 heavy (non-hydrogen) atoms. The highest BCUT2D eigenvalue weighted by atomic mass is 16.5. The van der Waals surface area contributed by atoms with E-state index in [-0.39, 0.29) is 34.2 Å². The van der Waals surface area contributed by atoms with E-state index in [2.05, 4.69) is 46.4 Å². The van der Waals surface area contributed by atoms with E-state index in [1.54, 1.807) is 0 Å². The van der Waals surface area contributed by atoms with Crippen molar-refractivity contribution in [2.45, 2.75) is 253 Å². The molecule has 0 aliphatic heterocycles. The van der Waals surface area contributed by atoms with Crippen molar-refractivity contribution in [3.8, 4) is 0 Å². The zero-order chi connectivity index (χ0) is 44.2. The van der Waals surface area contributed by atoms with E-state index < -0.39 is 0 Å². The Morgan fingerprint density at radius 1 is 0.459 bits per heavy atom. The zero-order valence-corrected chi connectivity index (χ0v) is 41.2. The molecule has 4 aliphatic rings. The van der Waals surface area contributed by atoms with Crippen molar-refractivity contribution >= 4 is 17.9 Å². The van der Waals surface area contributed by atoms with Crippen molar-refractivity contribution in [2.24, 2.45) is 34.0 Å². The van der Waals surface area contributed by atoms with Crippen LogP contribution in [0.1, 0.15) is 253 Å². The summed E-state index contributed by atoms with van der Waals surface area (Å²) in [5.41, 5.74) is 0.230. The predicted octanol–water partition coefficient (Wildman–Crippen LogP) is 14.8. The van der Waals surface area contributed by atoms with Crippen LogP contribution >= 0.6 is 0 Å². The third-order valence-corrected chi connectivity index (χ3v) is 15.7. The monoisotopic (exact) mass is 858 g/mol. The van der Waals surface area contributed by atoms with Crippen LogP contribution in [0.4, 0.5) is 0 Å². The van der Waals surface area contributed by atoms with Crippen molar-refractivity contribution in [2.75, 3.05) is 39.5 Å². The first-order valence-electron chi connectivity index (χ1n) is 26.8. The minimum Gasteiger partial charge on any atom is -0.466 e. The predicted molar refractivity (Wildman–Crippen MR) is 253 cm³/mol. The maximum atomic E-state index is 13.2. The molecule has 0 N–H and O–H groups in total. The number of ether oxygens (including phenoxy) is 3. The van der Waals surface area contributed by atoms with Gasteiger partial charge in [-0.25, -0.2) is 0 Å². The van der Waals surface area contributed by atoms with Crippen molar-refractivity contribution in [3.63, 3.8) is 0 Å². The molecule has 7 heteroatoms. The molecule has 4 rings (SSSR count). The minimum absolute atomic E-state index is 0.0445. The van der Waals surface area contributed by atoms with Gasteiger partial charge in [-0.15, -0.1) is 0 Å². The lowest BCUT2D eigenvalue weighted by atomic mass is 9.37. The van der Waals surface area contributed by atoms with E-state index >= 15 is 0 Å². The molecule has 2 atom stereocenters. The van der Waals surface area contributed by atoms with Gasteiger partial charge >= 0.3 is 17.9 Å². The van der Waals surface area contributed by atoms with Gasteiger partial charge in [0, 0.05) is 25.8 Å². The Morgan fingerprint density at radius 2 is 0.787 bits per heavy atom. The molecule has 4 saturated carbocycles. The molecule has 0 heterocycles. The largest absolute Gasteiger partial charge is 0.466 e. The summed E-state index contributed by atoms with van der Waals surface area (Å²) in [4.78, 5) is 42.0. The number of nitrogens with zero attached hydrogens (tertiary/aromatic N) is 1. The summed E-state index contributed by atoms with van der Waals surface area (Å²) in [6.45, 7) is 18.1. The quantitative estimate of drug-likeness (QED) is 0.0346. The smallest absolute Gasteiger partial charge is 0.305 e. The number of carbonyl (C=O) groups is 3. The fourth-order valence-corrected chi connectivity index (χ4v) is 12.9. The van der Waals surface area contributed by atoms with Crippen LogP contribution in [0.5, 0.6) is 0 Å². The van der Waals surface area contributed by atoms with Gasteiger partial charge in [-0.1, -0.05) is 157 Å². The van der Waals surface area contributed by atoms with Gasteiger partial charge in [-0.05, 0) is 124 Å². The Labute approximate surface area is 377 Å². The molecule has 0 spiro atoms. The van der Waals surface area contributed by atoms with Crippen LogP contribution in [0.3, 0.4) is 0 Å². The van der Waals surface area contributed by atoms with Gasteiger partial charge in [-0.3, -0.25) is 14.4 Å². The maximum Gasteiger partial charge on any atom is 0.305 e. The molecule has 0 saturated heterocycles. The molecular weight excluding hydrogens is 759 g/mol. The Kier molecular flexibility index (Phi) is 26.9. The fraction of sp³-hybridized carbons (Fsp3) is 0.944. The molecule has 356 valence electrons. The SMILES string of the molecule is CCCCC(CCCC)CCCCCOC(=O)CCC12CC3CC(CCC(=O)OCCCCCC(CCCC)CCCC)(C1)CC(CCC(=O)OCCCN(CC)CC)(C3)C2. The van der Waals surface area contributed by atoms with Crippen LogP contribution in [0.15, 0.2) is 0 Å². The lowest BCUT2D eigenvalue weighted by Crippen LogP contribution is -2.57. The summed E-state index contributed by atoms with van der Waals surface area (Å²) >= 11 is 0. The topological polar surface area (TPSA) is 82.1 Å². The molecule has 4 aliphatic carbocycles. The molecule has 4 fully saturated rings. The van der Waals surface area contributed by atoms with Crippen LogP contribution in [0.25, 0.3) is 0 Å². The summed E-state index contributed by atoms with van der Waals surface area (Å²) in [6, 6.07) is 0. The standard InChI is InChI=1S/C54H99NO6/c1-7-13-24-46(25-14-8-2)28-19-17-21-37-59-49(56)30-33-52-40-48-41-53(43-52,34-31-50(57)60-38-22-18-20-29-47(26-15-9-3)27-16-10-4)45-54(42-48,44-52)35-32-51(58)61-39-23-36-55(11-5)12-6/h46-48H,7-45H2,1-6H3. The van der Waals surface area contributed by atoms with E-state index in [1.807, 2.05) is 0 Å². The number of carbonyl (C=O) groups excluding carboxylic acids is 3. The van der Waals surface area contributed by atoms with Gasteiger partial charge in [0.25, 0.3) is 0 Å². The van der Waals surface area contributed by atoms with Crippen LogP contribution in [-0.2, 0) is 28.6 Å². The summed E-state index contributed by atoms with van der Waals surface area (Å²) in [6.07, 6.45) is 36.8. The number of unbranched alkanes of at least 4 members (excludes halogenated alkanes) is 8. The lowest BCUT2D eigenvalue weighted by molar-refractivity contribution is -0.177. The Balaban J connectivity index is 1.52. The number of hydrogen-bond donors (Lipinski definition) is 0. The van der Waals surface area contributed by atoms with E-state index in [1.165, 1.54) is 116 Å². The Hall–Kier alpha value is -1.63. The van der Waals surface area contributed by atoms with Crippen LogP contribution in [0.2, 0.25) is 0 Å². The summed E-state index contributed by atoms with van der Waals surface area (Å²) in [5.74, 6) is 2.15. The van der Waals surface area contributed by atoms with Gasteiger partial charge in [0.1, 0.15) is 0 Å². The molecule has 7 nitrogen and oxygen atoms in total. The second kappa shape index (κ2) is 30.5. The summed E-state index contributed by atoms with van der Waals surface area (Å²) in [5, 5.41) is 0. The van der Waals surface area contributed by atoms with Crippen molar-refractivity contribution in [1.82, 2.24) is 4.90 Å². The first kappa shape index (κ1) is 53.7. The van der Waals surface area contributed by atoms with E-state index in [0.717, 1.165) is 109 Å². The molecule has 4 bridgehead atoms. The molecule has 0 radical (unpaired) electrons. The van der Waals surface area contributed by atoms with Gasteiger partial charge in [-0.2, -0.15) is 0 Å². The van der Waals surface area contributed by atoms with E-state index in [0.29, 0.717) is 45.0 Å². The minimum atomic E-state index is -0.0690. The zero-order valence-electron chi connectivity index (χ0n) is 41.2. The van der Waals surface area contributed by atoms with Gasteiger partial charge in [0.15, 0.2) is 0 Å². The van der Waals surface area contributed by atoms with Crippen LogP contribution < -0.4 is 0 Å². The van der Waals surface area contributed by atoms with Gasteiger partial charge in [0.2, 0.25) is 0 Å². The second-order valence-electron chi connectivity index (χ2n) is 21.1. The average molecular weight is 858 g/mol. The number of esters is 3. The van der Waals surface area contributed by atoms with Crippen LogP contribution in [-0.4, -0.2) is 62.3 Å². The van der Waals surface area contributed by atoms with Gasteiger partial charge in [0.05, 0.1) is 19.8 Å². The lowest BCUT2D eigenvalue weighted by Gasteiger charge is -2.67. The first-order valence-corrected chi connectivity index (χ1v) is 26.8. The number of rotatable bonds is 39. The molecule has 0 amide bonds. The summed E-state index contributed by atoms with van der Waals surface area (Å²) in [7, 11) is 0. The normalized spacial score (nSPS) is 23.1. The average Bonchev–Trinajstić information content (AvgIpc) is 3.24. The molecule has 2 unspecified atom stereocenters. The fourth-order valence-electron chi connectivity index (χ4n) is 12.9. The Morgan fingerprint density at radius 3 is 1.11 bits per heavy atom. The van der Waals surface area contributed by atoms with Crippen molar-refractivity contribution < 1.29 is 28.6 Å². The highest BCUT2D eigenvalue weighted by Crippen LogP contribution is 2.73. The second-order valence-corrected chi connectivity index (χ2v) is 21.1. The van der Waals surface area contributed by atoms with E-state index in [4.69, 9.17) is 14.2 Å². The van der Waals surface area contributed by atoms with Crippen molar-refractivity contribution in [3.05, 3.63) is 0 Å². The third kappa shape index (κ3) is 20.8. The summed E-state index contributed by atoms with van der Waals surface area (Å²) < 4.78 is 17.5. The Bertz CT molecular complexity index is 1100. The molecule has 0 aromatic heterocycles. The highest BCUT2D eigenvalue weighted by molar-refractivity contribution is 5.70. The highest BCUT2D eigenvalue weighted by Gasteiger charge is 2.62. The van der Waals surface area contributed by atoms with E-state index in [9.17, 15) is 14.4 Å². The third-order valence-electron chi connectivity index (χ3n) is 15.7. The molecule has 0 aromatic carbocycles. The first-order chi connectivity index (χ1) is 29.6. The molecule has 0 aromatic rings.